The molecule has 0 radical (unpaired) electrons. The molecule has 0 aromatic heterocycles. The minimum atomic E-state index is -0.454. The fourth-order valence-electron chi connectivity index (χ4n) is 0.0742. The number of carbonyl (C=O) groups is 1. The molecule has 0 aliphatic heterocycles. The Hall–Kier alpha value is 0.140. The van der Waals surface area contributed by atoms with Crippen molar-refractivity contribution in [1.29, 1.82) is 0 Å². The molecule has 0 aliphatic carbocycles. The van der Waals surface area contributed by atoms with Crippen molar-refractivity contribution >= 4 is 12.3 Å². The Morgan fingerprint density at radius 2 is 2.29 bits per heavy atom. The van der Waals surface area contributed by atoms with Crippen LogP contribution in [0.4, 0.5) is 0 Å². The predicted molar refractivity (Wildman–Crippen MR) is 19.2 cm³/mol. The van der Waals surface area contributed by atoms with Crippen molar-refractivity contribution < 1.29 is 39.5 Å². The maximum Gasteiger partial charge on any atom is 1.00 e. The average Bonchev–Trinajstić information content (AvgIpc) is 1.35. The SMILES string of the molecule is CC(=O)N=C[O-].[Na+]. The molecule has 0 saturated heterocycles. The molecule has 0 N–H and O–H groups in total. The van der Waals surface area contributed by atoms with E-state index in [0.29, 0.717) is 0 Å². The van der Waals surface area contributed by atoms with Gasteiger partial charge in [0, 0.05) is 6.92 Å². The molecule has 7 heavy (non-hydrogen) atoms. The molecule has 34 valence electrons. The first-order chi connectivity index (χ1) is 2.77. The number of aliphatic imine (C=N–C) groups is 1. The molecular formula is C3H4NNaO2. The van der Waals surface area contributed by atoms with Crippen LogP contribution in [0, 0.1) is 0 Å². The fourth-order valence-corrected chi connectivity index (χ4v) is 0.0742. The Bertz CT molecular complexity index is 81.0. The molecule has 0 rings (SSSR count). The summed E-state index contributed by atoms with van der Waals surface area (Å²) < 4.78 is 0. The van der Waals surface area contributed by atoms with Crippen molar-refractivity contribution in [3.8, 4) is 0 Å². The molecule has 3 nitrogen and oxygen atoms in total. The van der Waals surface area contributed by atoms with E-state index in [1.165, 1.54) is 6.92 Å². The largest absolute Gasteiger partial charge is 1.00 e. The van der Waals surface area contributed by atoms with Crippen LogP contribution in [0.15, 0.2) is 4.99 Å². The van der Waals surface area contributed by atoms with Crippen molar-refractivity contribution in [1.82, 2.24) is 0 Å². The first kappa shape index (κ1) is 10.2. The van der Waals surface area contributed by atoms with Crippen LogP contribution in [-0.4, -0.2) is 12.3 Å². The van der Waals surface area contributed by atoms with Crippen molar-refractivity contribution in [3.63, 3.8) is 0 Å². The Kier molecular flexibility index (Phi) is 8.94. The average molecular weight is 109 g/mol. The summed E-state index contributed by atoms with van der Waals surface area (Å²) >= 11 is 0. The zero-order chi connectivity index (χ0) is 4.99. The van der Waals surface area contributed by atoms with Crippen LogP contribution in [0.5, 0.6) is 0 Å². The summed E-state index contributed by atoms with van der Waals surface area (Å²) in [5.41, 5.74) is 0. The van der Waals surface area contributed by atoms with E-state index in [4.69, 9.17) is 0 Å². The summed E-state index contributed by atoms with van der Waals surface area (Å²) in [6, 6.07) is 0. The van der Waals surface area contributed by atoms with Gasteiger partial charge in [0.05, 0.1) is 0 Å². The Balaban J connectivity index is 0. The van der Waals surface area contributed by atoms with Gasteiger partial charge in [-0.3, -0.25) is 4.79 Å². The monoisotopic (exact) mass is 109 g/mol. The third-order valence-corrected chi connectivity index (χ3v) is 0.235. The molecule has 1 amide bonds. The molecule has 4 heteroatoms. The quantitative estimate of drug-likeness (QED) is 0.180. The summed E-state index contributed by atoms with van der Waals surface area (Å²) in [7, 11) is 0. The van der Waals surface area contributed by atoms with Crippen molar-refractivity contribution in [2.75, 3.05) is 0 Å². The van der Waals surface area contributed by atoms with E-state index in [2.05, 4.69) is 4.99 Å². The van der Waals surface area contributed by atoms with Gasteiger partial charge in [-0.25, -0.2) is 4.99 Å². The van der Waals surface area contributed by atoms with Crippen LogP contribution in [0.3, 0.4) is 0 Å². The summed E-state index contributed by atoms with van der Waals surface area (Å²) in [6.07, 6.45) is 0.225. The van der Waals surface area contributed by atoms with Crippen molar-refractivity contribution in [2.45, 2.75) is 6.92 Å². The predicted octanol–water partition coefficient (Wildman–Crippen LogP) is -4.07. The molecule has 0 atom stereocenters. The van der Waals surface area contributed by atoms with Crippen LogP contribution in [0.25, 0.3) is 0 Å². The van der Waals surface area contributed by atoms with Crippen molar-refractivity contribution in [2.24, 2.45) is 4.99 Å². The molecular weight excluding hydrogens is 105 g/mol. The van der Waals surface area contributed by atoms with E-state index in [1.807, 2.05) is 0 Å². The van der Waals surface area contributed by atoms with Gasteiger partial charge in [0.1, 0.15) is 0 Å². The van der Waals surface area contributed by atoms with Crippen LogP contribution in [0.1, 0.15) is 6.92 Å². The fraction of sp³-hybridized carbons (Fsp3) is 0.333. The second kappa shape index (κ2) is 6.14. The molecule has 0 aromatic carbocycles. The number of rotatable bonds is 0. The first-order valence-corrected chi connectivity index (χ1v) is 1.42. The normalized spacial score (nSPS) is 8.14. The number of hydrogen-bond donors (Lipinski definition) is 0. The third kappa shape index (κ3) is 10.7. The summed E-state index contributed by atoms with van der Waals surface area (Å²) in [5, 5.41) is 9.23. The molecule has 0 saturated carbocycles. The minimum Gasteiger partial charge on any atom is -0.864 e. The van der Waals surface area contributed by atoms with Gasteiger partial charge in [-0.15, -0.1) is 0 Å². The van der Waals surface area contributed by atoms with E-state index in [-0.39, 0.29) is 36.0 Å². The number of hydrogen-bond acceptors (Lipinski definition) is 2. The Labute approximate surface area is 63.7 Å². The van der Waals surface area contributed by atoms with Crippen LogP contribution < -0.4 is 34.7 Å². The Morgan fingerprint density at radius 3 is 2.29 bits per heavy atom. The molecule has 0 unspecified atom stereocenters. The minimum absolute atomic E-state index is 0. The van der Waals surface area contributed by atoms with Gasteiger partial charge in [0.2, 0.25) is 5.91 Å². The third-order valence-electron chi connectivity index (χ3n) is 0.235. The maximum absolute atomic E-state index is 9.65. The first-order valence-electron chi connectivity index (χ1n) is 1.42. The van der Waals surface area contributed by atoms with Gasteiger partial charge in [-0.2, -0.15) is 0 Å². The zero-order valence-corrected chi connectivity index (χ0v) is 6.34. The zero-order valence-electron chi connectivity index (χ0n) is 4.34. The Morgan fingerprint density at radius 1 is 1.86 bits per heavy atom. The van der Waals surface area contributed by atoms with Crippen molar-refractivity contribution in [3.05, 3.63) is 0 Å². The summed E-state index contributed by atoms with van der Waals surface area (Å²) in [4.78, 5) is 12.5. The van der Waals surface area contributed by atoms with Crippen LogP contribution >= 0.6 is 0 Å². The van der Waals surface area contributed by atoms with E-state index in [9.17, 15) is 9.90 Å². The summed E-state index contributed by atoms with van der Waals surface area (Å²) in [5.74, 6) is -0.454. The molecule has 0 spiro atoms. The molecule has 0 bridgehead atoms. The van der Waals surface area contributed by atoms with Gasteiger partial charge >= 0.3 is 29.6 Å². The molecule has 0 fully saturated rings. The van der Waals surface area contributed by atoms with Gasteiger partial charge in [0.25, 0.3) is 0 Å². The maximum atomic E-state index is 9.65. The number of nitrogens with zero attached hydrogens (tertiary/aromatic N) is 1. The second-order valence-corrected chi connectivity index (χ2v) is 0.754. The van der Waals surface area contributed by atoms with Gasteiger partial charge in [-0.1, -0.05) is 0 Å². The molecule has 0 heterocycles. The standard InChI is InChI=1S/C3H5NO2.Na/c1-3(6)4-2-5;/h2H,1H3,(H,4,5,6);/q;+1/p-1. The number of carbonyl (C=O) groups excluding carboxylic acids is 1. The van der Waals surface area contributed by atoms with Gasteiger partial charge < -0.3 is 5.11 Å². The van der Waals surface area contributed by atoms with Crippen LogP contribution in [0.2, 0.25) is 0 Å². The smallest absolute Gasteiger partial charge is 0.864 e. The van der Waals surface area contributed by atoms with E-state index >= 15 is 0 Å². The van der Waals surface area contributed by atoms with E-state index in [1.54, 1.807) is 0 Å². The van der Waals surface area contributed by atoms with Gasteiger partial charge in [0.15, 0.2) is 0 Å². The van der Waals surface area contributed by atoms with Crippen LogP contribution in [-0.2, 0) is 4.79 Å². The van der Waals surface area contributed by atoms with Gasteiger partial charge in [-0.05, 0) is 6.40 Å². The van der Waals surface area contributed by atoms with E-state index < -0.39 is 5.91 Å². The van der Waals surface area contributed by atoms with E-state index in [0.717, 1.165) is 0 Å². The summed E-state index contributed by atoms with van der Waals surface area (Å²) in [6.45, 7) is 1.22. The number of amides is 1. The molecule has 0 aromatic rings. The topological polar surface area (TPSA) is 52.5 Å². The second-order valence-electron chi connectivity index (χ2n) is 0.754. The molecule has 0 aliphatic rings.